The Labute approximate surface area is 148 Å². The van der Waals surface area contributed by atoms with E-state index in [4.69, 9.17) is 0 Å². The van der Waals surface area contributed by atoms with Crippen molar-refractivity contribution in [2.45, 2.75) is 38.6 Å². The van der Waals surface area contributed by atoms with Crippen molar-refractivity contribution in [1.82, 2.24) is 9.80 Å². The molecule has 2 aliphatic rings. The minimum atomic E-state index is -0.421. The van der Waals surface area contributed by atoms with Crippen molar-refractivity contribution >= 4 is 23.5 Å². The highest BCUT2D eigenvalue weighted by Crippen LogP contribution is 2.27. The number of hydrogen-bond donors (Lipinski definition) is 0. The van der Waals surface area contributed by atoms with Crippen molar-refractivity contribution in [3.05, 3.63) is 30.3 Å². The van der Waals surface area contributed by atoms with E-state index in [1.54, 1.807) is 24.1 Å². The van der Waals surface area contributed by atoms with Gasteiger partial charge in [0.1, 0.15) is 13.1 Å². The topological polar surface area (TPSA) is 60.9 Å². The quantitative estimate of drug-likeness (QED) is 0.789. The third kappa shape index (κ3) is 3.67. The number of imide groups is 1. The molecule has 25 heavy (non-hydrogen) atoms. The van der Waals surface area contributed by atoms with Crippen LogP contribution >= 0.6 is 0 Å². The summed E-state index contributed by atoms with van der Waals surface area (Å²) in [5, 5.41) is 0. The predicted molar refractivity (Wildman–Crippen MR) is 95.1 cm³/mol. The standard InChI is InChI=1S/C19H25N3O3/c1-14-8-10-15(11-9-14)20(2)17(23)12-22-18(24)13-21(19(22)25)16-6-4-3-5-7-16/h3-7,14-15H,8-13H2,1-2H3. The van der Waals surface area contributed by atoms with Gasteiger partial charge in [-0.15, -0.1) is 0 Å². The Balaban J connectivity index is 1.63. The third-order valence-electron chi connectivity index (χ3n) is 5.34. The fourth-order valence-electron chi connectivity index (χ4n) is 3.59. The minimum absolute atomic E-state index is 0.0131. The van der Waals surface area contributed by atoms with Gasteiger partial charge >= 0.3 is 6.03 Å². The van der Waals surface area contributed by atoms with E-state index in [1.165, 1.54) is 4.90 Å². The van der Waals surface area contributed by atoms with Crippen LogP contribution in [0.3, 0.4) is 0 Å². The van der Waals surface area contributed by atoms with E-state index in [9.17, 15) is 14.4 Å². The molecule has 0 bridgehead atoms. The Bertz CT molecular complexity index is 653. The van der Waals surface area contributed by atoms with Gasteiger partial charge < -0.3 is 4.90 Å². The van der Waals surface area contributed by atoms with Crippen LogP contribution < -0.4 is 4.90 Å². The molecule has 1 saturated heterocycles. The van der Waals surface area contributed by atoms with E-state index in [1.807, 2.05) is 18.2 Å². The monoisotopic (exact) mass is 343 g/mol. The molecular weight excluding hydrogens is 318 g/mol. The Morgan fingerprint density at radius 1 is 1.12 bits per heavy atom. The lowest BCUT2D eigenvalue weighted by molar-refractivity contribution is -0.137. The number of nitrogens with zero attached hydrogens (tertiary/aromatic N) is 3. The van der Waals surface area contributed by atoms with Gasteiger partial charge in [0.25, 0.3) is 5.91 Å². The maximum Gasteiger partial charge on any atom is 0.332 e. The first-order chi connectivity index (χ1) is 12.0. The fourth-order valence-corrected chi connectivity index (χ4v) is 3.59. The molecule has 0 spiro atoms. The van der Waals surface area contributed by atoms with Gasteiger partial charge in [-0.2, -0.15) is 0 Å². The summed E-state index contributed by atoms with van der Waals surface area (Å²) in [5.74, 6) is 0.213. The molecule has 1 heterocycles. The zero-order valence-corrected chi connectivity index (χ0v) is 14.9. The molecule has 1 saturated carbocycles. The number of hydrogen-bond acceptors (Lipinski definition) is 3. The fraction of sp³-hybridized carbons (Fsp3) is 0.526. The number of carbonyl (C=O) groups excluding carboxylic acids is 3. The molecule has 0 N–H and O–H groups in total. The molecule has 3 rings (SSSR count). The van der Waals surface area contributed by atoms with Crippen molar-refractivity contribution in [3.8, 4) is 0 Å². The van der Waals surface area contributed by atoms with Crippen LogP contribution in [0.1, 0.15) is 32.6 Å². The van der Waals surface area contributed by atoms with Crippen molar-refractivity contribution in [3.63, 3.8) is 0 Å². The van der Waals surface area contributed by atoms with Gasteiger partial charge in [-0.05, 0) is 43.7 Å². The summed E-state index contributed by atoms with van der Waals surface area (Å²) in [4.78, 5) is 41.6. The molecule has 6 nitrogen and oxygen atoms in total. The van der Waals surface area contributed by atoms with Crippen LogP contribution in [0.2, 0.25) is 0 Å². The molecule has 6 heteroatoms. The molecule has 1 aromatic carbocycles. The molecular formula is C19H25N3O3. The zero-order chi connectivity index (χ0) is 18.0. The number of benzene rings is 1. The SMILES string of the molecule is CC1CCC(N(C)C(=O)CN2C(=O)CN(c3ccccc3)C2=O)CC1. The van der Waals surface area contributed by atoms with Gasteiger partial charge in [-0.3, -0.25) is 19.4 Å². The summed E-state index contributed by atoms with van der Waals surface area (Å²) >= 11 is 0. The average molecular weight is 343 g/mol. The van der Waals surface area contributed by atoms with Crippen LogP contribution in [0, 0.1) is 5.92 Å². The lowest BCUT2D eigenvalue weighted by Crippen LogP contribution is -2.46. The number of carbonyl (C=O) groups is 3. The van der Waals surface area contributed by atoms with Crippen LogP contribution in [0.25, 0.3) is 0 Å². The number of anilines is 1. The first kappa shape index (κ1) is 17.5. The van der Waals surface area contributed by atoms with E-state index >= 15 is 0 Å². The van der Waals surface area contributed by atoms with Gasteiger partial charge in [0.15, 0.2) is 0 Å². The lowest BCUT2D eigenvalue weighted by Gasteiger charge is -2.34. The summed E-state index contributed by atoms with van der Waals surface area (Å²) in [5.41, 5.74) is 0.672. The average Bonchev–Trinajstić information content (AvgIpc) is 2.90. The lowest BCUT2D eigenvalue weighted by atomic mass is 9.87. The molecule has 1 aromatic rings. The zero-order valence-electron chi connectivity index (χ0n) is 14.9. The Morgan fingerprint density at radius 2 is 1.76 bits per heavy atom. The van der Waals surface area contributed by atoms with E-state index in [-0.39, 0.29) is 30.9 Å². The smallest absolute Gasteiger partial charge is 0.332 e. The molecule has 1 aliphatic heterocycles. The molecule has 134 valence electrons. The number of likely N-dealkylation sites (N-methyl/N-ethyl adjacent to an activating group) is 1. The normalized spacial score (nSPS) is 23.9. The van der Waals surface area contributed by atoms with Crippen LogP contribution in [0.4, 0.5) is 10.5 Å². The van der Waals surface area contributed by atoms with Crippen molar-refractivity contribution in [1.29, 1.82) is 0 Å². The van der Waals surface area contributed by atoms with Gasteiger partial charge in [0.2, 0.25) is 5.91 Å². The van der Waals surface area contributed by atoms with E-state index in [2.05, 4.69) is 6.92 Å². The summed E-state index contributed by atoms with van der Waals surface area (Å²) in [6, 6.07) is 8.85. The maximum absolute atomic E-state index is 12.6. The minimum Gasteiger partial charge on any atom is -0.341 e. The number of amides is 4. The molecule has 1 aliphatic carbocycles. The Kier molecular flexibility index (Phi) is 5.06. The highest BCUT2D eigenvalue weighted by Gasteiger charge is 2.39. The predicted octanol–water partition coefficient (Wildman–Crippen LogP) is 2.49. The second-order valence-electron chi connectivity index (χ2n) is 7.10. The first-order valence-electron chi connectivity index (χ1n) is 8.90. The van der Waals surface area contributed by atoms with Gasteiger partial charge in [0.05, 0.1) is 0 Å². The summed E-state index contributed by atoms with van der Waals surface area (Å²) in [7, 11) is 1.78. The number of rotatable bonds is 4. The summed E-state index contributed by atoms with van der Waals surface area (Å²) in [6.45, 7) is 2.04. The van der Waals surface area contributed by atoms with Crippen LogP contribution in [-0.4, -0.2) is 53.8 Å². The number of para-hydroxylation sites is 1. The van der Waals surface area contributed by atoms with Crippen LogP contribution in [0.5, 0.6) is 0 Å². The van der Waals surface area contributed by atoms with Gasteiger partial charge in [-0.1, -0.05) is 25.1 Å². The highest BCUT2D eigenvalue weighted by atomic mass is 16.2. The number of urea groups is 1. The van der Waals surface area contributed by atoms with Crippen molar-refractivity contribution < 1.29 is 14.4 Å². The molecule has 0 unspecified atom stereocenters. The maximum atomic E-state index is 12.6. The van der Waals surface area contributed by atoms with Gasteiger partial charge in [-0.25, -0.2) is 4.79 Å². The largest absolute Gasteiger partial charge is 0.341 e. The molecule has 0 aromatic heterocycles. The molecule has 4 amide bonds. The highest BCUT2D eigenvalue weighted by molar-refractivity contribution is 6.13. The van der Waals surface area contributed by atoms with E-state index in [0.717, 1.165) is 30.6 Å². The van der Waals surface area contributed by atoms with E-state index < -0.39 is 6.03 Å². The first-order valence-corrected chi connectivity index (χ1v) is 8.90. The Hall–Kier alpha value is -2.37. The van der Waals surface area contributed by atoms with Crippen molar-refractivity contribution in [2.75, 3.05) is 25.0 Å². The Morgan fingerprint density at radius 3 is 2.40 bits per heavy atom. The van der Waals surface area contributed by atoms with Gasteiger partial charge in [0, 0.05) is 18.8 Å². The molecule has 2 fully saturated rings. The van der Waals surface area contributed by atoms with Crippen LogP contribution in [-0.2, 0) is 9.59 Å². The third-order valence-corrected chi connectivity index (χ3v) is 5.34. The second-order valence-corrected chi connectivity index (χ2v) is 7.10. The second kappa shape index (κ2) is 7.25. The molecule has 0 atom stereocenters. The van der Waals surface area contributed by atoms with E-state index in [0.29, 0.717) is 11.6 Å². The summed E-state index contributed by atoms with van der Waals surface area (Å²) < 4.78 is 0. The van der Waals surface area contributed by atoms with Crippen molar-refractivity contribution in [2.24, 2.45) is 5.92 Å². The van der Waals surface area contributed by atoms with Crippen LogP contribution in [0.15, 0.2) is 30.3 Å². The summed E-state index contributed by atoms with van der Waals surface area (Å²) in [6.07, 6.45) is 4.21. The molecule has 0 radical (unpaired) electrons.